The third-order valence-corrected chi connectivity index (χ3v) is 5.57. The van der Waals surface area contributed by atoms with Gasteiger partial charge in [-0.2, -0.15) is 0 Å². The van der Waals surface area contributed by atoms with Crippen LogP contribution in [-0.4, -0.2) is 16.9 Å². The average Bonchev–Trinajstić information content (AvgIpc) is 1.79. The topological polar surface area (TPSA) is 0 Å². The molecule has 4 rings (SSSR count). The van der Waals surface area contributed by atoms with Crippen molar-refractivity contribution in [3.8, 4) is 0 Å². The Labute approximate surface area is 77.6 Å². The van der Waals surface area contributed by atoms with Gasteiger partial charge in [-0.25, -0.2) is 0 Å². The number of hydrogen-bond acceptors (Lipinski definition) is 0. The zero-order chi connectivity index (χ0) is 7.47. The van der Waals surface area contributed by atoms with Crippen molar-refractivity contribution in [1.29, 1.82) is 0 Å². The SMILES string of the molecule is [AsH2]C12CC3CC(CC(C3)C1)C2. The molecule has 0 amide bonds. The van der Waals surface area contributed by atoms with E-state index in [4.69, 9.17) is 0 Å². The predicted molar refractivity (Wildman–Crippen MR) is 49.4 cm³/mol. The molecule has 0 aromatic carbocycles. The van der Waals surface area contributed by atoms with Crippen LogP contribution >= 0.6 is 0 Å². The fourth-order valence-electron chi connectivity index (χ4n) is 4.18. The summed E-state index contributed by atoms with van der Waals surface area (Å²) in [6.07, 6.45) is 9.59. The van der Waals surface area contributed by atoms with Crippen LogP contribution in [0.1, 0.15) is 38.5 Å². The normalized spacial score (nSPS) is 60.3. The van der Waals surface area contributed by atoms with Crippen LogP contribution < -0.4 is 0 Å². The van der Waals surface area contributed by atoms with Crippen LogP contribution in [0.25, 0.3) is 0 Å². The van der Waals surface area contributed by atoms with E-state index in [-0.39, 0.29) is 0 Å². The Morgan fingerprint density at radius 2 is 1.18 bits per heavy atom. The van der Waals surface area contributed by atoms with Gasteiger partial charge in [-0.3, -0.25) is 0 Å². The van der Waals surface area contributed by atoms with Crippen molar-refractivity contribution in [2.45, 2.75) is 42.7 Å². The molecule has 0 aliphatic heterocycles. The van der Waals surface area contributed by atoms with E-state index in [0.717, 1.165) is 22.0 Å². The number of rotatable bonds is 0. The van der Waals surface area contributed by atoms with Crippen molar-refractivity contribution < 1.29 is 0 Å². The van der Waals surface area contributed by atoms with Crippen molar-refractivity contribution in [3.05, 3.63) is 0 Å². The summed E-state index contributed by atoms with van der Waals surface area (Å²) in [4.78, 5) is 0. The predicted octanol–water partition coefficient (Wildman–Crippen LogP) is 2.01. The van der Waals surface area contributed by atoms with Gasteiger partial charge in [0.2, 0.25) is 0 Å². The maximum absolute atomic E-state index is 2.07. The molecule has 4 saturated carbocycles. The summed E-state index contributed by atoms with van der Waals surface area (Å²) in [5.41, 5.74) is 0. The van der Waals surface area contributed by atoms with Gasteiger partial charge >= 0.3 is 77.3 Å². The zero-order valence-corrected chi connectivity index (χ0v) is 9.47. The number of hydrogen-bond donors (Lipinski definition) is 0. The van der Waals surface area contributed by atoms with E-state index in [9.17, 15) is 0 Å². The molecule has 1 unspecified atom stereocenters. The molecular weight excluding hydrogens is 195 g/mol. The van der Waals surface area contributed by atoms with Crippen LogP contribution in [0.5, 0.6) is 0 Å². The molecule has 62 valence electrons. The molecule has 4 aliphatic carbocycles. The summed E-state index contributed by atoms with van der Waals surface area (Å²) in [5, 5.41) is 0. The first-order valence-electron chi connectivity index (χ1n) is 5.02. The van der Waals surface area contributed by atoms with Gasteiger partial charge in [0, 0.05) is 0 Å². The van der Waals surface area contributed by atoms with Crippen LogP contribution in [0.2, 0.25) is 4.20 Å². The van der Waals surface area contributed by atoms with Crippen LogP contribution in [0, 0.1) is 17.8 Å². The molecule has 11 heavy (non-hydrogen) atoms. The van der Waals surface area contributed by atoms with E-state index >= 15 is 0 Å². The molecule has 0 aromatic rings. The monoisotopic (exact) mass is 212 g/mol. The molecule has 1 atom stereocenters. The molecule has 0 heterocycles. The van der Waals surface area contributed by atoms with Crippen LogP contribution in [0.15, 0.2) is 0 Å². The average molecular weight is 212 g/mol. The molecule has 4 fully saturated rings. The third-order valence-electron chi connectivity index (χ3n) is 4.09. The summed E-state index contributed by atoms with van der Waals surface area (Å²) >= 11 is 2.07. The Morgan fingerprint density at radius 1 is 0.818 bits per heavy atom. The first-order valence-corrected chi connectivity index (χ1v) is 6.23. The Morgan fingerprint density at radius 3 is 1.45 bits per heavy atom. The van der Waals surface area contributed by atoms with E-state index in [1.807, 2.05) is 0 Å². The molecular formula is C10H17As. The molecule has 4 aliphatic rings. The Kier molecular flexibility index (Phi) is 1.32. The molecule has 1 heteroatoms. The van der Waals surface area contributed by atoms with Crippen molar-refractivity contribution in [2.75, 3.05) is 0 Å². The standard InChI is InChI=1S/C10H17As/c11-10-4-7-1-8(5-10)3-9(2-7)6-10/h7-9H,1-6,11H2. The van der Waals surface area contributed by atoms with Gasteiger partial charge in [-0.15, -0.1) is 0 Å². The zero-order valence-electron chi connectivity index (χ0n) is 7.05. The Balaban J connectivity index is 1.94. The first kappa shape index (κ1) is 7.01. The van der Waals surface area contributed by atoms with Gasteiger partial charge in [0.15, 0.2) is 0 Å². The van der Waals surface area contributed by atoms with Gasteiger partial charge in [-0.1, -0.05) is 0 Å². The third kappa shape index (κ3) is 1.02. The van der Waals surface area contributed by atoms with Gasteiger partial charge in [0.25, 0.3) is 0 Å². The summed E-state index contributed by atoms with van der Waals surface area (Å²) < 4.78 is 0.863. The summed E-state index contributed by atoms with van der Waals surface area (Å²) in [6, 6.07) is 0. The quantitative estimate of drug-likeness (QED) is 0.539. The van der Waals surface area contributed by atoms with E-state index < -0.39 is 0 Å². The van der Waals surface area contributed by atoms with E-state index in [1.54, 1.807) is 38.5 Å². The van der Waals surface area contributed by atoms with Crippen molar-refractivity contribution >= 4 is 16.9 Å². The van der Waals surface area contributed by atoms with E-state index in [0.29, 0.717) is 0 Å². The summed E-state index contributed by atoms with van der Waals surface area (Å²) in [7, 11) is 0. The fraction of sp³-hybridized carbons (Fsp3) is 1.00. The second kappa shape index (κ2) is 2.08. The van der Waals surface area contributed by atoms with Crippen LogP contribution in [0.4, 0.5) is 0 Å². The molecule has 4 bridgehead atoms. The Bertz CT molecular complexity index is 150. The molecule has 0 N–H and O–H groups in total. The van der Waals surface area contributed by atoms with Crippen molar-refractivity contribution in [3.63, 3.8) is 0 Å². The van der Waals surface area contributed by atoms with E-state index in [2.05, 4.69) is 16.9 Å². The van der Waals surface area contributed by atoms with Gasteiger partial charge in [0.05, 0.1) is 0 Å². The van der Waals surface area contributed by atoms with Gasteiger partial charge in [0.1, 0.15) is 0 Å². The van der Waals surface area contributed by atoms with Gasteiger partial charge < -0.3 is 0 Å². The first-order chi connectivity index (χ1) is 5.23. The van der Waals surface area contributed by atoms with Crippen LogP contribution in [0.3, 0.4) is 0 Å². The Hall–Kier alpha value is 0.558. The minimum atomic E-state index is 0.863. The summed E-state index contributed by atoms with van der Waals surface area (Å²) in [6.45, 7) is 0. The van der Waals surface area contributed by atoms with E-state index in [1.165, 1.54) is 0 Å². The summed E-state index contributed by atoms with van der Waals surface area (Å²) in [5.74, 6) is 3.48. The molecule has 0 spiro atoms. The van der Waals surface area contributed by atoms with Gasteiger partial charge in [-0.05, 0) is 0 Å². The molecule has 0 nitrogen and oxygen atoms in total. The molecule has 0 radical (unpaired) electrons. The molecule has 0 saturated heterocycles. The van der Waals surface area contributed by atoms with Crippen molar-refractivity contribution in [1.82, 2.24) is 0 Å². The second-order valence-corrected chi connectivity index (χ2v) is 7.85. The van der Waals surface area contributed by atoms with Crippen molar-refractivity contribution in [2.24, 2.45) is 17.8 Å². The fourth-order valence-corrected chi connectivity index (χ4v) is 6.28. The van der Waals surface area contributed by atoms with Crippen LogP contribution in [-0.2, 0) is 0 Å². The molecule has 0 aromatic heterocycles. The minimum absolute atomic E-state index is 0.863. The maximum atomic E-state index is 2.07. The second-order valence-electron chi connectivity index (χ2n) is 5.28.